The summed E-state index contributed by atoms with van der Waals surface area (Å²) in [6.45, 7) is 3.63. The van der Waals surface area contributed by atoms with Crippen LogP contribution in [0.4, 0.5) is 5.69 Å². The number of carbonyl (C=O) groups is 1. The van der Waals surface area contributed by atoms with E-state index in [4.69, 9.17) is 10.00 Å². The van der Waals surface area contributed by atoms with Gasteiger partial charge in [0.2, 0.25) is 0 Å². The molecule has 2 aromatic rings. The highest BCUT2D eigenvalue weighted by molar-refractivity contribution is 6.06. The second-order valence-electron chi connectivity index (χ2n) is 4.65. The zero-order chi connectivity index (χ0) is 15.6. The number of amides is 1. The summed E-state index contributed by atoms with van der Waals surface area (Å²) in [6.07, 6.45) is 0. The highest BCUT2D eigenvalue weighted by Gasteiger charge is 2.18. The molecule has 0 radical (unpaired) electrons. The van der Waals surface area contributed by atoms with Crippen LogP contribution in [0.3, 0.4) is 0 Å². The van der Waals surface area contributed by atoms with Crippen LogP contribution in [0.15, 0.2) is 18.2 Å². The lowest BCUT2D eigenvalue weighted by Gasteiger charge is -2.10. The number of benzene rings is 1. The van der Waals surface area contributed by atoms with Crippen molar-refractivity contribution in [2.75, 3.05) is 12.4 Å². The molecule has 2 rings (SSSR count). The number of carbonyl (C=O) groups excluding carboxylic acids is 1. The molecule has 0 unspecified atom stereocenters. The molecule has 0 bridgehead atoms. The standard InChI is InChI=1S/C15H16N4O2/c1-9-14(10(2)19(3)18-9)15(20)17-12-6-5-11(8-16)7-13(12)21-4/h5-7H,1-4H3,(H,17,20). The van der Waals surface area contributed by atoms with Crippen LogP contribution in [0, 0.1) is 25.2 Å². The molecule has 0 saturated heterocycles. The van der Waals surface area contributed by atoms with Crippen molar-refractivity contribution >= 4 is 11.6 Å². The largest absolute Gasteiger partial charge is 0.495 e. The smallest absolute Gasteiger partial charge is 0.259 e. The Hall–Kier alpha value is -2.81. The summed E-state index contributed by atoms with van der Waals surface area (Å²) >= 11 is 0. The third kappa shape index (κ3) is 2.72. The van der Waals surface area contributed by atoms with E-state index in [0.717, 1.165) is 5.69 Å². The number of methoxy groups -OCH3 is 1. The van der Waals surface area contributed by atoms with E-state index >= 15 is 0 Å². The molecule has 0 saturated carbocycles. The topological polar surface area (TPSA) is 79.9 Å². The van der Waals surface area contributed by atoms with E-state index in [1.54, 1.807) is 36.9 Å². The maximum Gasteiger partial charge on any atom is 0.259 e. The van der Waals surface area contributed by atoms with E-state index in [9.17, 15) is 4.79 Å². The van der Waals surface area contributed by atoms with Crippen LogP contribution in [0.2, 0.25) is 0 Å². The first kappa shape index (κ1) is 14.6. The lowest BCUT2D eigenvalue weighted by Crippen LogP contribution is -2.14. The quantitative estimate of drug-likeness (QED) is 0.936. The van der Waals surface area contributed by atoms with Crippen molar-refractivity contribution in [2.24, 2.45) is 7.05 Å². The maximum atomic E-state index is 12.4. The van der Waals surface area contributed by atoms with Gasteiger partial charge in [0.25, 0.3) is 5.91 Å². The third-order valence-corrected chi connectivity index (χ3v) is 3.31. The highest BCUT2D eigenvalue weighted by Crippen LogP contribution is 2.26. The van der Waals surface area contributed by atoms with Crippen LogP contribution >= 0.6 is 0 Å². The number of aromatic nitrogens is 2. The van der Waals surface area contributed by atoms with Gasteiger partial charge in [-0.25, -0.2) is 0 Å². The summed E-state index contributed by atoms with van der Waals surface area (Å²) in [5.74, 6) is 0.197. The summed E-state index contributed by atoms with van der Waals surface area (Å²) in [4.78, 5) is 12.4. The molecule has 108 valence electrons. The first-order valence-electron chi connectivity index (χ1n) is 6.37. The van der Waals surface area contributed by atoms with Crippen LogP contribution in [0.1, 0.15) is 27.3 Å². The number of ether oxygens (including phenoxy) is 1. The van der Waals surface area contributed by atoms with Crippen molar-refractivity contribution in [1.82, 2.24) is 9.78 Å². The SMILES string of the molecule is COc1cc(C#N)ccc1NC(=O)c1c(C)nn(C)c1C. The Morgan fingerprint density at radius 2 is 2.14 bits per heavy atom. The van der Waals surface area contributed by atoms with E-state index < -0.39 is 0 Å². The predicted molar refractivity (Wildman–Crippen MR) is 78.3 cm³/mol. The van der Waals surface area contributed by atoms with Gasteiger partial charge in [-0.3, -0.25) is 9.48 Å². The summed E-state index contributed by atoms with van der Waals surface area (Å²) in [5.41, 5.74) is 2.99. The molecular formula is C15H16N4O2. The Labute approximate surface area is 123 Å². The predicted octanol–water partition coefficient (Wildman–Crippen LogP) is 2.17. The second kappa shape index (κ2) is 5.67. The van der Waals surface area contributed by atoms with Gasteiger partial charge in [-0.1, -0.05) is 0 Å². The Morgan fingerprint density at radius 1 is 1.43 bits per heavy atom. The number of anilines is 1. The number of aryl methyl sites for hydroxylation is 2. The van der Waals surface area contributed by atoms with Crippen LogP contribution in [0.25, 0.3) is 0 Å². The number of nitrogens with one attached hydrogen (secondary N) is 1. The van der Waals surface area contributed by atoms with E-state index in [2.05, 4.69) is 10.4 Å². The fourth-order valence-corrected chi connectivity index (χ4v) is 2.15. The molecular weight excluding hydrogens is 268 g/mol. The number of rotatable bonds is 3. The van der Waals surface area contributed by atoms with Crippen molar-refractivity contribution in [1.29, 1.82) is 5.26 Å². The van der Waals surface area contributed by atoms with Gasteiger partial charge in [-0.15, -0.1) is 0 Å². The Bertz CT molecular complexity index is 741. The van der Waals surface area contributed by atoms with Crippen LogP contribution in [-0.4, -0.2) is 22.8 Å². The van der Waals surface area contributed by atoms with Crippen LogP contribution in [0.5, 0.6) is 5.75 Å². The summed E-state index contributed by atoms with van der Waals surface area (Å²) in [7, 11) is 3.29. The Balaban J connectivity index is 2.34. The highest BCUT2D eigenvalue weighted by atomic mass is 16.5. The minimum Gasteiger partial charge on any atom is -0.495 e. The fourth-order valence-electron chi connectivity index (χ4n) is 2.15. The second-order valence-corrected chi connectivity index (χ2v) is 4.65. The molecule has 6 nitrogen and oxygen atoms in total. The molecule has 21 heavy (non-hydrogen) atoms. The molecule has 0 spiro atoms. The van der Waals surface area contributed by atoms with Crippen molar-refractivity contribution in [3.63, 3.8) is 0 Å². The summed E-state index contributed by atoms with van der Waals surface area (Å²) < 4.78 is 6.87. The van der Waals surface area contributed by atoms with Crippen molar-refractivity contribution < 1.29 is 9.53 Å². The van der Waals surface area contributed by atoms with Crippen LogP contribution < -0.4 is 10.1 Å². The summed E-state index contributed by atoms with van der Waals surface area (Å²) in [6, 6.07) is 6.89. The zero-order valence-electron chi connectivity index (χ0n) is 12.4. The molecule has 0 aliphatic rings. The normalized spacial score (nSPS) is 10.0. The molecule has 1 amide bonds. The van der Waals surface area contributed by atoms with E-state index in [1.165, 1.54) is 7.11 Å². The molecule has 1 aromatic heterocycles. The lowest BCUT2D eigenvalue weighted by atomic mass is 10.1. The van der Waals surface area contributed by atoms with Gasteiger partial charge in [-0.2, -0.15) is 10.4 Å². The van der Waals surface area contributed by atoms with Crippen molar-refractivity contribution in [3.05, 3.63) is 40.7 Å². The van der Waals surface area contributed by atoms with Gasteiger partial charge in [0, 0.05) is 18.8 Å². The first-order chi connectivity index (χ1) is 9.97. The summed E-state index contributed by atoms with van der Waals surface area (Å²) in [5, 5.41) is 15.9. The van der Waals surface area contributed by atoms with Gasteiger partial charge in [-0.05, 0) is 26.0 Å². The molecule has 0 atom stereocenters. The monoisotopic (exact) mass is 284 g/mol. The van der Waals surface area contributed by atoms with Gasteiger partial charge in [0.15, 0.2) is 0 Å². The molecule has 0 aliphatic heterocycles. The van der Waals surface area contributed by atoms with Gasteiger partial charge >= 0.3 is 0 Å². The number of nitrogens with zero attached hydrogens (tertiary/aromatic N) is 3. The molecule has 1 N–H and O–H groups in total. The van der Waals surface area contributed by atoms with E-state index in [1.807, 2.05) is 13.0 Å². The first-order valence-corrected chi connectivity index (χ1v) is 6.37. The molecule has 6 heteroatoms. The molecule has 0 fully saturated rings. The lowest BCUT2D eigenvalue weighted by molar-refractivity contribution is 0.102. The average molecular weight is 284 g/mol. The number of hydrogen-bond donors (Lipinski definition) is 1. The van der Waals surface area contributed by atoms with Gasteiger partial charge in [0.05, 0.1) is 35.7 Å². The third-order valence-electron chi connectivity index (χ3n) is 3.31. The van der Waals surface area contributed by atoms with Crippen molar-refractivity contribution in [2.45, 2.75) is 13.8 Å². The number of nitriles is 1. The molecule has 0 aliphatic carbocycles. The zero-order valence-corrected chi connectivity index (χ0v) is 12.4. The van der Waals surface area contributed by atoms with E-state index in [-0.39, 0.29) is 5.91 Å². The average Bonchev–Trinajstić information content (AvgIpc) is 2.72. The Kier molecular flexibility index (Phi) is 3.94. The fraction of sp³-hybridized carbons (Fsp3) is 0.267. The van der Waals surface area contributed by atoms with Crippen LogP contribution in [-0.2, 0) is 7.05 Å². The number of hydrogen-bond acceptors (Lipinski definition) is 4. The molecule has 1 aromatic carbocycles. The minimum absolute atomic E-state index is 0.249. The van der Waals surface area contributed by atoms with Gasteiger partial charge in [0.1, 0.15) is 5.75 Å². The molecule has 1 heterocycles. The van der Waals surface area contributed by atoms with Gasteiger partial charge < -0.3 is 10.1 Å². The Morgan fingerprint density at radius 3 is 2.67 bits per heavy atom. The van der Waals surface area contributed by atoms with Crippen molar-refractivity contribution in [3.8, 4) is 11.8 Å². The minimum atomic E-state index is -0.249. The van der Waals surface area contributed by atoms with E-state index in [0.29, 0.717) is 28.3 Å². The maximum absolute atomic E-state index is 12.4.